The minimum Gasteiger partial charge on any atom is -0.323 e. The van der Waals surface area contributed by atoms with Gasteiger partial charge in [-0.05, 0) is 57.2 Å². The molecule has 0 aromatic heterocycles. The molecule has 1 aliphatic heterocycles. The van der Waals surface area contributed by atoms with Crippen LogP contribution in [0.4, 0.5) is 0 Å². The summed E-state index contributed by atoms with van der Waals surface area (Å²) in [6.45, 7) is 11.2. The SMILES string of the molecule is Cc1ccc(C(N)CN2CCCC(C)C2C)c(C)c1. The van der Waals surface area contributed by atoms with Crippen LogP contribution in [0.5, 0.6) is 0 Å². The first-order valence-corrected chi connectivity index (χ1v) is 7.56. The lowest BCUT2D eigenvalue weighted by atomic mass is 9.91. The van der Waals surface area contributed by atoms with Crippen LogP contribution in [0.1, 0.15) is 49.4 Å². The van der Waals surface area contributed by atoms with Gasteiger partial charge in [-0.15, -0.1) is 0 Å². The molecule has 1 fully saturated rings. The third-order valence-electron chi connectivity index (χ3n) is 4.76. The van der Waals surface area contributed by atoms with Crippen LogP contribution in [-0.2, 0) is 0 Å². The molecule has 0 saturated carbocycles. The normalized spacial score (nSPS) is 26.4. The van der Waals surface area contributed by atoms with E-state index in [1.165, 1.54) is 36.1 Å². The Labute approximate surface area is 118 Å². The van der Waals surface area contributed by atoms with Crippen molar-refractivity contribution in [2.45, 2.75) is 52.6 Å². The van der Waals surface area contributed by atoms with Crippen molar-refractivity contribution in [2.24, 2.45) is 11.7 Å². The Hall–Kier alpha value is -0.860. The van der Waals surface area contributed by atoms with E-state index >= 15 is 0 Å². The molecule has 106 valence electrons. The highest BCUT2D eigenvalue weighted by Gasteiger charge is 2.26. The smallest absolute Gasteiger partial charge is 0.0427 e. The Balaban J connectivity index is 2.05. The average molecular weight is 260 g/mol. The summed E-state index contributed by atoms with van der Waals surface area (Å²) in [6.07, 6.45) is 2.67. The fourth-order valence-electron chi connectivity index (χ4n) is 3.27. The topological polar surface area (TPSA) is 29.3 Å². The van der Waals surface area contributed by atoms with Crippen LogP contribution in [-0.4, -0.2) is 24.0 Å². The van der Waals surface area contributed by atoms with Gasteiger partial charge < -0.3 is 5.73 Å². The van der Waals surface area contributed by atoms with Gasteiger partial charge in [0.05, 0.1) is 0 Å². The van der Waals surface area contributed by atoms with Crippen LogP contribution in [0.25, 0.3) is 0 Å². The van der Waals surface area contributed by atoms with Gasteiger partial charge in [-0.2, -0.15) is 0 Å². The summed E-state index contributed by atoms with van der Waals surface area (Å²) >= 11 is 0. The number of nitrogens with two attached hydrogens (primary N) is 1. The fraction of sp³-hybridized carbons (Fsp3) is 0.647. The highest BCUT2D eigenvalue weighted by molar-refractivity contribution is 5.32. The van der Waals surface area contributed by atoms with E-state index in [2.05, 4.69) is 50.8 Å². The molecule has 3 unspecified atom stereocenters. The van der Waals surface area contributed by atoms with Crippen LogP contribution in [0.3, 0.4) is 0 Å². The highest BCUT2D eigenvalue weighted by atomic mass is 15.2. The zero-order chi connectivity index (χ0) is 14.0. The maximum Gasteiger partial charge on any atom is 0.0427 e. The van der Waals surface area contributed by atoms with Gasteiger partial charge in [0, 0.05) is 18.6 Å². The van der Waals surface area contributed by atoms with Crippen LogP contribution in [0.2, 0.25) is 0 Å². The molecule has 2 rings (SSSR count). The summed E-state index contributed by atoms with van der Waals surface area (Å²) in [5.41, 5.74) is 10.4. The number of hydrogen-bond acceptors (Lipinski definition) is 2. The van der Waals surface area contributed by atoms with E-state index in [1.54, 1.807) is 0 Å². The molecule has 2 nitrogen and oxygen atoms in total. The van der Waals surface area contributed by atoms with Gasteiger partial charge in [-0.3, -0.25) is 4.90 Å². The minimum atomic E-state index is 0.133. The van der Waals surface area contributed by atoms with Gasteiger partial charge in [-0.1, -0.05) is 30.7 Å². The first kappa shape index (κ1) is 14.5. The summed E-state index contributed by atoms with van der Waals surface area (Å²) in [5.74, 6) is 0.792. The molecule has 2 heteroatoms. The molecule has 19 heavy (non-hydrogen) atoms. The monoisotopic (exact) mass is 260 g/mol. The lowest BCUT2D eigenvalue weighted by molar-refractivity contribution is 0.107. The van der Waals surface area contributed by atoms with E-state index in [4.69, 9.17) is 5.73 Å². The van der Waals surface area contributed by atoms with Gasteiger partial charge in [0.1, 0.15) is 0 Å². The van der Waals surface area contributed by atoms with E-state index in [0.29, 0.717) is 6.04 Å². The molecule has 1 aromatic rings. The van der Waals surface area contributed by atoms with E-state index in [-0.39, 0.29) is 6.04 Å². The average Bonchev–Trinajstić information content (AvgIpc) is 2.34. The van der Waals surface area contributed by atoms with Crippen molar-refractivity contribution < 1.29 is 0 Å². The Morgan fingerprint density at radius 3 is 2.74 bits per heavy atom. The molecule has 0 spiro atoms. The first-order valence-electron chi connectivity index (χ1n) is 7.56. The van der Waals surface area contributed by atoms with Crippen molar-refractivity contribution in [3.63, 3.8) is 0 Å². The van der Waals surface area contributed by atoms with Crippen LogP contribution >= 0.6 is 0 Å². The van der Waals surface area contributed by atoms with Gasteiger partial charge >= 0.3 is 0 Å². The lowest BCUT2D eigenvalue weighted by Crippen LogP contribution is -2.45. The molecular weight excluding hydrogens is 232 g/mol. The number of benzene rings is 1. The number of piperidine rings is 1. The van der Waals surface area contributed by atoms with E-state index < -0.39 is 0 Å². The molecule has 0 amide bonds. The molecular formula is C17H28N2. The quantitative estimate of drug-likeness (QED) is 0.902. The molecule has 0 bridgehead atoms. The molecule has 1 saturated heterocycles. The van der Waals surface area contributed by atoms with Crippen molar-refractivity contribution in [1.29, 1.82) is 0 Å². The van der Waals surface area contributed by atoms with Crippen molar-refractivity contribution in [1.82, 2.24) is 4.90 Å². The second-order valence-corrected chi connectivity index (χ2v) is 6.32. The Kier molecular flexibility index (Phi) is 4.64. The molecule has 2 N–H and O–H groups in total. The molecule has 3 atom stereocenters. The second kappa shape index (κ2) is 6.06. The number of nitrogens with zero attached hydrogens (tertiary/aromatic N) is 1. The third-order valence-corrected chi connectivity index (χ3v) is 4.76. The van der Waals surface area contributed by atoms with E-state index in [9.17, 15) is 0 Å². The highest BCUT2D eigenvalue weighted by Crippen LogP contribution is 2.25. The van der Waals surface area contributed by atoms with Crippen molar-refractivity contribution >= 4 is 0 Å². The third kappa shape index (κ3) is 3.37. The Morgan fingerprint density at radius 2 is 2.05 bits per heavy atom. The molecule has 1 heterocycles. The Morgan fingerprint density at radius 1 is 1.32 bits per heavy atom. The van der Waals surface area contributed by atoms with Crippen molar-refractivity contribution in [3.05, 3.63) is 34.9 Å². The van der Waals surface area contributed by atoms with Gasteiger partial charge in [0.15, 0.2) is 0 Å². The first-order chi connectivity index (χ1) is 8.99. The van der Waals surface area contributed by atoms with Crippen LogP contribution in [0.15, 0.2) is 18.2 Å². The standard InChI is InChI=1S/C17H28N2/c1-12-7-8-16(14(3)10-12)17(18)11-19-9-5-6-13(2)15(19)4/h7-8,10,13,15,17H,5-6,9,11,18H2,1-4H3. The zero-order valence-electron chi connectivity index (χ0n) is 12.8. The molecule has 0 radical (unpaired) electrons. The van der Waals surface area contributed by atoms with Gasteiger partial charge in [0.25, 0.3) is 0 Å². The second-order valence-electron chi connectivity index (χ2n) is 6.32. The largest absolute Gasteiger partial charge is 0.323 e. The lowest BCUT2D eigenvalue weighted by Gasteiger charge is -2.39. The molecule has 1 aromatic carbocycles. The number of rotatable bonds is 3. The van der Waals surface area contributed by atoms with E-state index in [1.807, 2.05) is 0 Å². The summed E-state index contributed by atoms with van der Waals surface area (Å²) in [5, 5.41) is 0. The summed E-state index contributed by atoms with van der Waals surface area (Å²) in [4.78, 5) is 2.57. The van der Waals surface area contributed by atoms with Gasteiger partial charge in [-0.25, -0.2) is 0 Å². The summed E-state index contributed by atoms with van der Waals surface area (Å²) in [7, 11) is 0. The zero-order valence-corrected chi connectivity index (χ0v) is 12.8. The maximum absolute atomic E-state index is 6.44. The Bertz CT molecular complexity index is 427. The van der Waals surface area contributed by atoms with Crippen LogP contribution in [0, 0.1) is 19.8 Å². The summed E-state index contributed by atoms with van der Waals surface area (Å²) in [6, 6.07) is 7.40. The minimum absolute atomic E-state index is 0.133. The predicted octanol–water partition coefficient (Wildman–Crippen LogP) is 3.42. The molecule has 0 aliphatic carbocycles. The predicted molar refractivity (Wildman–Crippen MR) is 82.3 cm³/mol. The number of hydrogen-bond donors (Lipinski definition) is 1. The van der Waals surface area contributed by atoms with Crippen molar-refractivity contribution in [2.75, 3.05) is 13.1 Å². The van der Waals surface area contributed by atoms with Crippen LogP contribution < -0.4 is 5.73 Å². The van der Waals surface area contributed by atoms with Crippen molar-refractivity contribution in [3.8, 4) is 0 Å². The summed E-state index contributed by atoms with van der Waals surface area (Å²) < 4.78 is 0. The number of likely N-dealkylation sites (tertiary alicyclic amines) is 1. The molecule has 1 aliphatic rings. The maximum atomic E-state index is 6.44. The van der Waals surface area contributed by atoms with E-state index in [0.717, 1.165) is 12.5 Å². The fourth-order valence-corrected chi connectivity index (χ4v) is 3.27. The number of aryl methyl sites for hydroxylation is 2. The van der Waals surface area contributed by atoms with Gasteiger partial charge in [0.2, 0.25) is 0 Å².